The van der Waals surface area contributed by atoms with Crippen molar-refractivity contribution in [2.45, 2.75) is 59.4 Å². The van der Waals surface area contributed by atoms with Gasteiger partial charge in [-0.3, -0.25) is 0 Å². The van der Waals surface area contributed by atoms with Crippen molar-refractivity contribution in [1.29, 1.82) is 0 Å². The third-order valence-electron chi connectivity index (χ3n) is 3.37. The predicted octanol–water partition coefficient (Wildman–Crippen LogP) is 4.31. The molecule has 1 unspecified atom stereocenters. The molecule has 0 rings (SSSR count). The number of hydrogen-bond donors (Lipinski definition) is 1. The summed E-state index contributed by atoms with van der Waals surface area (Å²) in [7, 11) is 2.05. The van der Waals surface area contributed by atoms with Gasteiger partial charge in [0.25, 0.3) is 0 Å². The Balaban J connectivity index is 4.05. The van der Waals surface area contributed by atoms with Crippen molar-refractivity contribution in [1.82, 2.24) is 5.32 Å². The highest BCUT2D eigenvalue weighted by atomic mass is 14.9. The molecule has 0 bridgehead atoms. The summed E-state index contributed by atoms with van der Waals surface area (Å²) in [5, 5.41) is 3.40. The van der Waals surface area contributed by atoms with Crippen molar-refractivity contribution in [3.8, 4) is 0 Å². The molecule has 0 heterocycles. The molecule has 16 heavy (non-hydrogen) atoms. The van der Waals surface area contributed by atoms with Gasteiger partial charge in [0.2, 0.25) is 0 Å². The van der Waals surface area contributed by atoms with Crippen LogP contribution in [-0.2, 0) is 0 Å². The summed E-state index contributed by atoms with van der Waals surface area (Å²) in [5.41, 5.74) is 2.80. The van der Waals surface area contributed by atoms with Gasteiger partial charge in [-0.15, -0.1) is 0 Å². The third-order valence-corrected chi connectivity index (χ3v) is 3.37. The Bertz CT molecular complexity index is 228. The van der Waals surface area contributed by atoms with Crippen LogP contribution in [0.4, 0.5) is 0 Å². The lowest BCUT2D eigenvalue weighted by molar-refractivity contribution is 0.422. The summed E-state index contributed by atoms with van der Waals surface area (Å²) in [6.45, 7) is 12.9. The third kappa shape index (κ3) is 6.12. The van der Waals surface area contributed by atoms with Crippen LogP contribution in [0.2, 0.25) is 0 Å². The Kier molecular flexibility index (Phi) is 8.28. The largest absolute Gasteiger partial charge is 0.316 e. The van der Waals surface area contributed by atoms with Gasteiger partial charge in [0.15, 0.2) is 0 Å². The van der Waals surface area contributed by atoms with Gasteiger partial charge in [-0.25, -0.2) is 0 Å². The van der Waals surface area contributed by atoms with Crippen LogP contribution in [0, 0.1) is 5.92 Å². The topological polar surface area (TPSA) is 12.0 Å². The molecule has 0 aromatic carbocycles. The Morgan fingerprint density at radius 2 is 2.00 bits per heavy atom. The molecular formula is C15H29N. The lowest BCUT2D eigenvalue weighted by atomic mass is 9.91. The lowest BCUT2D eigenvalue weighted by Gasteiger charge is -2.23. The lowest BCUT2D eigenvalue weighted by Crippen LogP contribution is -2.32. The molecule has 0 radical (unpaired) electrons. The molecule has 0 aromatic rings. The summed E-state index contributed by atoms with van der Waals surface area (Å²) in [6.07, 6.45) is 7.25. The standard InChI is InChI=1S/C15H29N/c1-7-9-13(4)10-8-11-15(16-6)14(5)12(2)3/h10,14-16H,2,7-9,11H2,1,3-6H3/b13-10-/t14-,15?/m1/s1. The first-order valence-corrected chi connectivity index (χ1v) is 6.51. The van der Waals surface area contributed by atoms with E-state index in [9.17, 15) is 0 Å². The van der Waals surface area contributed by atoms with Gasteiger partial charge in [-0.1, -0.05) is 44.1 Å². The van der Waals surface area contributed by atoms with Crippen LogP contribution < -0.4 is 5.32 Å². The van der Waals surface area contributed by atoms with Gasteiger partial charge in [-0.2, -0.15) is 0 Å². The number of rotatable bonds is 8. The summed E-state index contributed by atoms with van der Waals surface area (Å²) in [6, 6.07) is 0.558. The molecule has 0 fully saturated rings. The minimum Gasteiger partial charge on any atom is -0.316 e. The molecular weight excluding hydrogens is 194 g/mol. The van der Waals surface area contributed by atoms with Crippen LogP contribution >= 0.6 is 0 Å². The second kappa shape index (κ2) is 8.58. The van der Waals surface area contributed by atoms with Crippen molar-refractivity contribution in [3.05, 3.63) is 23.8 Å². The van der Waals surface area contributed by atoms with E-state index in [-0.39, 0.29) is 0 Å². The molecule has 1 nitrogen and oxygen atoms in total. The maximum Gasteiger partial charge on any atom is 0.0130 e. The number of allylic oxidation sites excluding steroid dienone is 2. The summed E-state index contributed by atoms with van der Waals surface area (Å²) in [5.74, 6) is 0.560. The first-order chi connectivity index (χ1) is 7.52. The normalized spacial score (nSPS) is 15.9. The van der Waals surface area contributed by atoms with E-state index in [1.54, 1.807) is 0 Å². The molecule has 0 saturated carbocycles. The summed E-state index contributed by atoms with van der Waals surface area (Å²) >= 11 is 0. The predicted molar refractivity (Wildman–Crippen MR) is 74.7 cm³/mol. The van der Waals surface area contributed by atoms with Crippen LogP contribution in [-0.4, -0.2) is 13.1 Å². The van der Waals surface area contributed by atoms with Crippen molar-refractivity contribution >= 4 is 0 Å². The fraction of sp³-hybridized carbons (Fsp3) is 0.733. The van der Waals surface area contributed by atoms with Crippen molar-refractivity contribution in [2.24, 2.45) is 5.92 Å². The molecule has 2 atom stereocenters. The van der Waals surface area contributed by atoms with Crippen molar-refractivity contribution in [2.75, 3.05) is 7.05 Å². The van der Waals surface area contributed by atoms with E-state index < -0.39 is 0 Å². The number of nitrogens with one attached hydrogen (secondary N) is 1. The first-order valence-electron chi connectivity index (χ1n) is 6.51. The van der Waals surface area contributed by atoms with Gasteiger partial charge in [0.1, 0.15) is 0 Å². The monoisotopic (exact) mass is 223 g/mol. The highest BCUT2D eigenvalue weighted by Crippen LogP contribution is 2.17. The fourth-order valence-corrected chi connectivity index (χ4v) is 1.99. The van der Waals surface area contributed by atoms with E-state index in [2.05, 4.69) is 45.7 Å². The maximum atomic E-state index is 4.04. The molecule has 0 aliphatic carbocycles. The minimum absolute atomic E-state index is 0.558. The second-order valence-corrected chi connectivity index (χ2v) is 4.91. The quantitative estimate of drug-likeness (QED) is 0.605. The zero-order valence-corrected chi connectivity index (χ0v) is 11.8. The zero-order valence-electron chi connectivity index (χ0n) is 11.8. The summed E-state index contributed by atoms with van der Waals surface area (Å²) < 4.78 is 0. The minimum atomic E-state index is 0.558. The van der Waals surface area contributed by atoms with Crippen LogP contribution in [0.3, 0.4) is 0 Å². The van der Waals surface area contributed by atoms with Gasteiger partial charge < -0.3 is 5.32 Å². The highest BCUT2D eigenvalue weighted by molar-refractivity contribution is 5.01. The average molecular weight is 223 g/mol. The van der Waals surface area contributed by atoms with E-state index in [1.165, 1.54) is 36.8 Å². The zero-order chi connectivity index (χ0) is 12.6. The molecule has 0 aromatic heterocycles. The summed E-state index contributed by atoms with van der Waals surface area (Å²) in [4.78, 5) is 0. The molecule has 0 spiro atoms. The van der Waals surface area contributed by atoms with Crippen molar-refractivity contribution < 1.29 is 0 Å². The number of hydrogen-bond acceptors (Lipinski definition) is 1. The maximum absolute atomic E-state index is 4.04. The molecule has 0 amide bonds. The molecule has 0 aliphatic rings. The Hall–Kier alpha value is -0.560. The Morgan fingerprint density at radius 3 is 2.44 bits per heavy atom. The van der Waals surface area contributed by atoms with E-state index >= 15 is 0 Å². The van der Waals surface area contributed by atoms with Crippen LogP contribution in [0.25, 0.3) is 0 Å². The molecule has 94 valence electrons. The first kappa shape index (κ1) is 15.4. The van der Waals surface area contributed by atoms with Crippen molar-refractivity contribution in [3.63, 3.8) is 0 Å². The second-order valence-electron chi connectivity index (χ2n) is 4.91. The average Bonchev–Trinajstić information content (AvgIpc) is 2.23. The van der Waals surface area contributed by atoms with E-state index in [0.717, 1.165) is 0 Å². The van der Waals surface area contributed by atoms with E-state index in [0.29, 0.717) is 12.0 Å². The fourth-order valence-electron chi connectivity index (χ4n) is 1.99. The smallest absolute Gasteiger partial charge is 0.0130 e. The molecule has 0 aliphatic heterocycles. The molecule has 0 saturated heterocycles. The van der Waals surface area contributed by atoms with Crippen LogP contribution in [0.1, 0.15) is 53.4 Å². The van der Waals surface area contributed by atoms with Crippen LogP contribution in [0.5, 0.6) is 0 Å². The van der Waals surface area contributed by atoms with E-state index in [4.69, 9.17) is 0 Å². The Labute approximate surface area is 102 Å². The van der Waals surface area contributed by atoms with Gasteiger partial charge in [0, 0.05) is 6.04 Å². The highest BCUT2D eigenvalue weighted by Gasteiger charge is 2.14. The van der Waals surface area contributed by atoms with Crippen LogP contribution in [0.15, 0.2) is 23.8 Å². The van der Waals surface area contributed by atoms with Gasteiger partial charge in [-0.05, 0) is 46.1 Å². The van der Waals surface area contributed by atoms with E-state index in [1.807, 2.05) is 7.05 Å². The Morgan fingerprint density at radius 1 is 1.38 bits per heavy atom. The van der Waals surface area contributed by atoms with Gasteiger partial charge in [0.05, 0.1) is 0 Å². The SMILES string of the molecule is C=C(C)[C@@H](C)C(CC/C=C(/C)CCC)NC. The molecule has 1 heteroatoms. The van der Waals surface area contributed by atoms with Gasteiger partial charge >= 0.3 is 0 Å². The molecule has 1 N–H and O–H groups in total.